The zero-order valence-corrected chi connectivity index (χ0v) is 15.1. The van der Waals surface area contributed by atoms with Gasteiger partial charge in [-0.3, -0.25) is 0 Å². The van der Waals surface area contributed by atoms with Gasteiger partial charge in [0.15, 0.2) is 0 Å². The highest BCUT2D eigenvalue weighted by Crippen LogP contribution is 2.58. The molecule has 0 saturated heterocycles. The molecule has 0 amide bonds. The van der Waals surface area contributed by atoms with Crippen LogP contribution in [-0.2, 0) is 0 Å². The summed E-state index contributed by atoms with van der Waals surface area (Å²) >= 11 is 0. The lowest BCUT2D eigenvalue weighted by Crippen LogP contribution is -2.36. The third-order valence-electron chi connectivity index (χ3n) is 3.87. The van der Waals surface area contributed by atoms with Crippen molar-refractivity contribution in [3.63, 3.8) is 0 Å². The Morgan fingerprint density at radius 1 is 0.526 bits per heavy atom. The number of rotatable bonds is 1. The van der Waals surface area contributed by atoms with E-state index >= 15 is 0 Å². The molecule has 110 valence electrons. The van der Waals surface area contributed by atoms with Crippen molar-refractivity contribution in [1.29, 1.82) is 0 Å². The molecule has 1 aliphatic rings. The third-order valence-corrected chi connectivity index (χ3v) is 3.87. The van der Waals surface area contributed by atoms with Crippen molar-refractivity contribution in [2.75, 3.05) is 0 Å². The molecular formula is C19H34. The van der Waals surface area contributed by atoms with E-state index in [-0.39, 0.29) is 16.2 Å². The van der Waals surface area contributed by atoms with Crippen molar-refractivity contribution < 1.29 is 0 Å². The molecular weight excluding hydrogens is 228 g/mol. The highest BCUT2D eigenvalue weighted by molar-refractivity contribution is 5.66. The average molecular weight is 262 g/mol. The summed E-state index contributed by atoms with van der Waals surface area (Å²) in [6, 6.07) is 0. The molecule has 0 atom stereocenters. The van der Waals surface area contributed by atoms with E-state index in [4.69, 9.17) is 0 Å². The molecule has 0 aliphatic heterocycles. The molecule has 0 nitrogen and oxygen atoms in total. The van der Waals surface area contributed by atoms with Gasteiger partial charge in [-0.05, 0) is 44.5 Å². The summed E-state index contributed by atoms with van der Waals surface area (Å²) in [5, 5.41) is 0. The minimum atomic E-state index is 0.240. The fraction of sp³-hybridized carbons (Fsp3) is 0.789. The van der Waals surface area contributed by atoms with Crippen molar-refractivity contribution in [3.8, 4) is 0 Å². The molecule has 0 N–H and O–H groups in total. The molecule has 0 aromatic rings. The summed E-state index contributed by atoms with van der Waals surface area (Å²) in [6.07, 6.45) is 0. The van der Waals surface area contributed by atoms with Crippen molar-refractivity contribution in [2.45, 2.75) is 76.2 Å². The van der Waals surface area contributed by atoms with Crippen LogP contribution < -0.4 is 0 Å². The summed E-state index contributed by atoms with van der Waals surface area (Å²) < 4.78 is 0. The fourth-order valence-electron chi connectivity index (χ4n) is 3.34. The molecule has 1 aliphatic carbocycles. The van der Waals surface area contributed by atoms with E-state index in [0.29, 0.717) is 5.92 Å². The van der Waals surface area contributed by atoms with Gasteiger partial charge < -0.3 is 0 Å². The van der Waals surface area contributed by atoms with Crippen LogP contribution in [-0.4, -0.2) is 0 Å². The first kappa shape index (κ1) is 16.5. The van der Waals surface area contributed by atoms with Crippen LogP contribution in [0.4, 0.5) is 0 Å². The highest BCUT2D eigenvalue weighted by Gasteiger charge is 2.44. The molecule has 0 aromatic carbocycles. The van der Waals surface area contributed by atoms with Crippen LogP contribution in [0.2, 0.25) is 0 Å². The topological polar surface area (TPSA) is 0 Å². The first-order chi connectivity index (χ1) is 8.19. The van der Waals surface area contributed by atoms with Crippen LogP contribution in [0, 0.1) is 22.2 Å². The third kappa shape index (κ3) is 2.98. The van der Waals surface area contributed by atoms with E-state index in [1.807, 2.05) is 0 Å². The van der Waals surface area contributed by atoms with Crippen molar-refractivity contribution in [2.24, 2.45) is 22.2 Å². The number of hydrogen-bond acceptors (Lipinski definition) is 0. The predicted molar refractivity (Wildman–Crippen MR) is 87.3 cm³/mol. The van der Waals surface area contributed by atoms with Crippen molar-refractivity contribution in [1.82, 2.24) is 0 Å². The van der Waals surface area contributed by atoms with E-state index in [1.165, 1.54) is 0 Å². The molecule has 0 aromatic heterocycles. The average Bonchev–Trinajstić information content (AvgIpc) is 1.89. The molecule has 19 heavy (non-hydrogen) atoms. The smallest absolute Gasteiger partial charge is 0.0126 e. The molecule has 0 bridgehead atoms. The maximum atomic E-state index is 2.36. The predicted octanol–water partition coefficient (Wildman–Crippen LogP) is 6.39. The van der Waals surface area contributed by atoms with Gasteiger partial charge in [0.05, 0.1) is 0 Å². The van der Waals surface area contributed by atoms with Crippen LogP contribution in [0.25, 0.3) is 0 Å². The Bertz CT molecular complexity index is 420. The van der Waals surface area contributed by atoms with Gasteiger partial charge in [0.2, 0.25) is 0 Å². The van der Waals surface area contributed by atoms with Crippen LogP contribution >= 0.6 is 0 Å². The van der Waals surface area contributed by atoms with Gasteiger partial charge in [0.1, 0.15) is 0 Å². The second-order valence-electron chi connectivity index (χ2n) is 9.44. The SMILES string of the molecule is CC(C)C1=C(C(C)(C)C)C(C(C)(C)C)=C1C(C)(C)C. The number of hydrogen-bond donors (Lipinski definition) is 0. The van der Waals surface area contributed by atoms with Crippen molar-refractivity contribution in [3.05, 3.63) is 22.3 Å². The Morgan fingerprint density at radius 3 is 1.05 bits per heavy atom. The molecule has 0 fully saturated rings. The van der Waals surface area contributed by atoms with Gasteiger partial charge in [-0.15, -0.1) is 0 Å². The fourth-order valence-corrected chi connectivity index (χ4v) is 3.34. The molecule has 0 saturated carbocycles. The quantitative estimate of drug-likeness (QED) is 0.514. The Kier molecular flexibility index (Phi) is 3.92. The van der Waals surface area contributed by atoms with Crippen LogP contribution in [0.3, 0.4) is 0 Å². The van der Waals surface area contributed by atoms with Gasteiger partial charge >= 0.3 is 0 Å². The van der Waals surface area contributed by atoms with Gasteiger partial charge in [0, 0.05) is 0 Å². The zero-order chi connectivity index (χ0) is 15.4. The van der Waals surface area contributed by atoms with Gasteiger partial charge in [0.25, 0.3) is 0 Å². The summed E-state index contributed by atoms with van der Waals surface area (Å²) in [5.41, 5.74) is 7.23. The monoisotopic (exact) mass is 262 g/mol. The van der Waals surface area contributed by atoms with E-state index in [9.17, 15) is 0 Å². The molecule has 0 heteroatoms. The minimum Gasteiger partial charge on any atom is -0.0587 e. The first-order valence-corrected chi connectivity index (χ1v) is 7.69. The largest absolute Gasteiger partial charge is 0.0587 e. The Hall–Kier alpha value is -0.520. The Morgan fingerprint density at radius 2 is 0.842 bits per heavy atom. The molecule has 0 heterocycles. The summed E-state index contributed by atoms with van der Waals surface area (Å²) in [4.78, 5) is 0. The van der Waals surface area contributed by atoms with E-state index in [0.717, 1.165) is 0 Å². The molecule has 0 radical (unpaired) electrons. The van der Waals surface area contributed by atoms with E-state index < -0.39 is 0 Å². The molecule has 1 rings (SSSR count). The zero-order valence-electron chi connectivity index (χ0n) is 15.1. The van der Waals surface area contributed by atoms with E-state index in [1.54, 1.807) is 22.3 Å². The Balaban J connectivity index is 3.54. The number of allylic oxidation sites excluding steroid dienone is 4. The minimum absolute atomic E-state index is 0.240. The van der Waals surface area contributed by atoms with Crippen LogP contribution in [0.1, 0.15) is 76.2 Å². The first-order valence-electron chi connectivity index (χ1n) is 7.69. The van der Waals surface area contributed by atoms with Gasteiger partial charge in [-0.1, -0.05) is 76.2 Å². The molecule has 0 unspecified atom stereocenters. The normalized spacial score (nSPS) is 18.3. The van der Waals surface area contributed by atoms with Crippen LogP contribution in [0.15, 0.2) is 22.3 Å². The lowest BCUT2D eigenvalue weighted by molar-refractivity contribution is 0.380. The van der Waals surface area contributed by atoms with E-state index in [2.05, 4.69) is 76.2 Å². The Labute approximate surface area is 121 Å². The summed E-state index contributed by atoms with van der Waals surface area (Å²) in [6.45, 7) is 25.9. The lowest BCUT2D eigenvalue weighted by atomic mass is 9.55. The molecule has 0 spiro atoms. The maximum Gasteiger partial charge on any atom is -0.0126 e. The second-order valence-corrected chi connectivity index (χ2v) is 9.44. The standard InChI is InChI=1S/C19H34/c1-12(2)13-14(17(3,4)5)16(19(9,10)11)15(13)18(6,7)8/h12H,1-11H3. The van der Waals surface area contributed by atoms with Gasteiger partial charge in [-0.2, -0.15) is 0 Å². The summed E-state index contributed by atoms with van der Waals surface area (Å²) in [5.74, 6) is 0.620. The van der Waals surface area contributed by atoms with Crippen LogP contribution in [0.5, 0.6) is 0 Å². The summed E-state index contributed by atoms with van der Waals surface area (Å²) in [7, 11) is 0. The lowest BCUT2D eigenvalue weighted by Gasteiger charge is -2.49. The van der Waals surface area contributed by atoms with Gasteiger partial charge in [-0.25, -0.2) is 0 Å². The van der Waals surface area contributed by atoms with Crippen molar-refractivity contribution >= 4 is 0 Å². The maximum absolute atomic E-state index is 2.36. The second kappa shape index (κ2) is 4.50. The highest BCUT2D eigenvalue weighted by atomic mass is 14.5.